The maximum atomic E-state index is 12.8. The molecule has 1 aliphatic rings. The molecule has 0 radical (unpaired) electrons. The molecule has 0 spiro atoms. The van der Waals surface area contributed by atoms with Gasteiger partial charge < -0.3 is 4.74 Å². The van der Waals surface area contributed by atoms with E-state index in [9.17, 15) is 13.2 Å². The maximum absolute atomic E-state index is 12.8. The van der Waals surface area contributed by atoms with Crippen molar-refractivity contribution in [1.29, 1.82) is 0 Å². The highest BCUT2D eigenvalue weighted by atomic mass is 32.2. The number of thioether (sulfide) groups is 1. The number of ether oxygens (including phenoxy) is 1. The number of aromatic nitrogens is 4. The third-order valence-corrected chi connectivity index (χ3v) is 8.05. The summed E-state index contributed by atoms with van der Waals surface area (Å²) >= 11 is 1.21. The van der Waals surface area contributed by atoms with E-state index in [1.165, 1.54) is 28.2 Å². The summed E-state index contributed by atoms with van der Waals surface area (Å²) in [5.41, 5.74) is 1.19. The molecule has 11 heteroatoms. The second kappa shape index (κ2) is 9.80. The van der Waals surface area contributed by atoms with E-state index < -0.39 is 10.0 Å². The van der Waals surface area contributed by atoms with Crippen LogP contribution in [-0.2, 0) is 10.0 Å². The summed E-state index contributed by atoms with van der Waals surface area (Å²) in [5.74, 6) is 0.701. The fourth-order valence-corrected chi connectivity index (χ4v) is 5.74. The van der Waals surface area contributed by atoms with Gasteiger partial charge in [-0.2, -0.15) is 8.99 Å². The largest absolute Gasteiger partial charge is 0.497 e. The number of piperidine rings is 1. The second-order valence-electron chi connectivity index (χ2n) is 7.27. The van der Waals surface area contributed by atoms with Crippen molar-refractivity contribution in [2.24, 2.45) is 0 Å². The van der Waals surface area contributed by atoms with Crippen LogP contribution in [0.25, 0.3) is 5.69 Å². The first-order valence-corrected chi connectivity index (χ1v) is 12.6. The van der Waals surface area contributed by atoms with Gasteiger partial charge in [0, 0.05) is 18.7 Å². The van der Waals surface area contributed by atoms with Crippen molar-refractivity contribution >= 4 is 27.6 Å². The van der Waals surface area contributed by atoms with Gasteiger partial charge in [0.2, 0.25) is 15.2 Å². The molecule has 1 saturated heterocycles. The highest BCUT2D eigenvalue weighted by molar-refractivity contribution is 7.99. The minimum atomic E-state index is -3.52. The number of hydrogen-bond acceptors (Lipinski definition) is 8. The Morgan fingerprint density at radius 2 is 1.72 bits per heavy atom. The van der Waals surface area contributed by atoms with Crippen molar-refractivity contribution in [1.82, 2.24) is 24.5 Å². The van der Waals surface area contributed by atoms with Crippen molar-refractivity contribution in [2.75, 3.05) is 26.0 Å². The number of carbonyl (C=O) groups excluding carboxylic acids is 1. The topological polar surface area (TPSA) is 107 Å². The number of hydrogen-bond donors (Lipinski definition) is 0. The Bertz CT molecular complexity index is 1170. The summed E-state index contributed by atoms with van der Waals surface area (Å²) in [6, 6.07) is 13.4. The Kier molecular flexibility index (Phi) is 6.87. The van der Waals surface area contributed by atoms with E-state index in [1.807, 2.05) is 12.1 Å². The average molecular weight is 474 g/mol. The molecule has 4 rings (SSSR count). The normalized spacial score (nSPS) is 14.9. The minimum Gasteiger partial charge on any atom is -0.497 e. The van der Waals surface area contributed by atoms with Crippen LogP contribution in [0, 0.1) is 0 Å². The lowest BCUT2D eigenvalue weighted by Gasteiger charge is -2.25. The van der Waals surface area contributed by atoms with Crippen LogP contribution in [0.3, 0.4) is 0 Å². The van der Waals surface area contributed by atoms with Gasteiger partial charge in [0.25, 0.3) is 0 Å². The van der Waals surface area contributed by atoms with Gasteiger partial charge in [0.05, 0.1) is 23.4 Å². The summed E-state index contributed by atoms with van der Waals surface area (Å²) < 4.78 is 33.8. The van der Waals surface area contributed by atoms with Gasteiger partial charge in [-0.15, -0.1) is 5.10 Å². The highest BCUT2D eigenvalue weighted by Crippen LogP contribution is 2.23. The molecule has 0 atom stereocenters. The number of sulfonamides is 1. The quantitative estimate of drug-likeness (QED) is 0.363. The summed E-state index contributed by atoms with van der Waals surface area (Å²) in [5, 5.41) is 12.2. The Morgan fingerprint density at radius 3 is 2.38 bits per heavy atom. The van der Waals surface area contributed by atoms with Crippen LogP contribution in [0.2, 0.25) is 0 Å². The van der Waals surface area contributed by atoms with E-state index in [1.54, 1.807) is 36.1 Å². The van der Waals surface area contributed by atoms with Gasteiger partial charge in [-0.25, -0.2) is 8.42 Å². The number of tetrazole rings is 1. The molecule has 0 N–H and O–H groups in total. The maximum Gasteiger partial charge on any atom is 0.243 e. The number of rotatable bonds is 8. The van der Waals surface area contributed by atoms with E-state index >= 15 is 0 Å². The van der Waals surface area contributed by atoms with Crippen LogP contribution in [0.5, 0.6) is 5.75 Å². The summed E-state index contributed by atoms with van der Waals surface area (Å²) in [7, 11) is -1.92. The van der Waals surface area contributed by atoms with Gasteiger partial charge in [-0.05, 0) is 59.7 Å². The molecular formula is C21H23N5O4S2. The molecule has 1 aromatic heterocycles. The predicted molar refractivity (Wildman–Crippen MR) is 120 cm³/mol. The van der Waals surface area contributed by atoms with Crippen molar-refractivity contribution < 1.29 is 17.9 Å². The van der Waals surface area contributed by atoms with Gasteiger partial charge in [-0.1, -0.05) is 30.3 Å². The van der Waals surface area contributed by atoms with Gasteiger partial charge in [0.15, 0.2) is 5.78 Å². The minimum absolute atomic E-state index is 0.120. The van der Waals surface area contributed by atoms with Crippen LogP contribution < -0.4 is 4.74 Å². The molecule has 0 saturated carbocycles. The molecule has 168 valence electrons. The Labute approximate surface area is 190 Å². The predicted octanol–water partition coefficient (Wildman–Crippen LogP) is 2.82. The molecule has 0 bridgehead atoms. The SMILES string of the molecule is COc1ccc(-n2nnnc2SCC(=O)c2ccc(S(=O)(=O)N3CCCCC3)cc2)cc1. The molecule has 1 aliphatic heterocycles. The fraction of sp³-hybridized carbons (Fsp3) is 0.333. The molecule has 0 unspecified atom stereocenters. The molecule has 9 nitrogen and oxygen atoms in total. The monoisotopic (exact) mass is 473 g/mol. The van der Waals surface area contributed by atoms with Crippen molar-refractivity contribution in [3.8, 4) is 11.4 Å². The van der Waals surface area contributed by atoms with E-state index in [-0.39, 0.29) is 16.4 Å². The number of Topliss-reactive ketones (excluding diaryl/α,β-unsaturated/α-hetero) is 1. The van der Waals surface area contributed by atoms with Crippen molar-refractivity contribution in [3.05, 3.63) is 54.1 Å². The Morgan fingerprint density at radius 1 is 1.03 bits per heavy atom. The summed E-state index contributed by atoms with van der Waals surface area (Å²) in [4.78, 5) is 12.9. The zero-order valence-corrected chi connectivity index (χ0v) is 19.2. The van der Waals surface area contributed by atoms with Crippen molar-refractivity contribution in [3.63, 3.8) is 0 Å². The first-order chi connectivity index (χ1) is 15.5. The van der Waals surface area contributed by atoms with Crippen LogP contribution in [0.1, 0.15) is 29.6 Å². The van der Waals surface area contributed by atoms with Gasteiger partial charge >= 0.3 is 0 Å². The molecule has 32 heavy (non-hydrogen) atoms. The molecule has 2 aromatic carbocycles. The summed E-state index contributed by atoms with van der Waals surface area (Å²) in [6.07, 6.45) is 2.81. The first kappa shape index (κ1) is 22.4. The smallest absolute Gasteiger partial charge is 0.243 e. The third-order valence-electron chi connectivity index (χ3n) is 5.22. The van der Waals surface area contributed by atoms with Gasteiger partial charge in [-0.3, -0.25) is 4.79 Å². The first-order valence-electron chi connectivity index (χ1n) is 10.2. The van der Waals surface area contributed by atoms with Gasteiger partial charge in [0.1, 0.15) is 5.75 Å². The third kappa shape index (κ3) is 4.84. The van der Waals surface area contributed by atoms with Crippen molar-refractivity contribution in [2.45, 2.75) is 29.3 Å². The Balaban J connectivity index is 1.41. The van der Waals surface area contributed by atoms with E-state index in [0.717, 1.165) is 30.7 Å². The zero-order chi connectivity index (χ0) is 22.6. The van der Waals surface area contributed by atoms with Crippen LogP contribution >= 0.6 is 11.8 Å². The molecule has 1 fully saturated rings. The zero-order valence-electron chi connectivity index (χ0n) is 17.5. The lowest BCUT2D eigenvalue weighted by atomic mass is 10.1. The fourth-order valence-electron chi connectivity index (χ4n) is 3.43. The Hall–Kier alpha value is -2.76. The highest BCUT2D eigenvalue weighted by Gasteiger charge is 2.26. The van der Waals surface area contributed by atoms with E-state index in [2.05, 4.69) is 15.5 Å². The lowest BCUT2D eigenvalue weighted by Crippen LogP contribution is -2.35. The van der Waals surface area contributed by atoms with Crippen LogP contribution in [-0.4, -0.2) is 64.7 Å². The standard InChI is InChI=1S/C21H23N5O4S2/c1-30-18-9-7-17(8-10-18)26-21(22-23-24-26)31-15-20(27)16-5-11-19(12-6-16)32(28,29)25-13-3-2-4-14-25/h5-12H,2-4,13-15H2,1H3. The van der Waals surface area contributed by atoms with Crippen LogP contribution in [0.4, 0.5) is 0 Å². The second-order valence-corrected chi connectivity index (χ2v) is 10.2. The lowest BCUT2D eigenvalue weighted by molar-refractivity contribution is 0.102. The number of carbonyl (C=O) groups is 1. The number of benzene rings is 2. The average Bonchev–Trinajstić information content (AvgIpc) is 3.32. The molecule has 3 aromatic rings. The van der Waals surface area contributed by atoms with E-state index in [4.69, 9.17) is 4.74 Å². The number of nitrogens with zero attached hydrogens (tertiary/aromatic N) is 5. The molecule has 0 amide bonds. The molecular weight excluding hydrogens is 450 g/mol. The summed E-state index contributed by atoms with van der Waals surface area (Å²) in [6.45, 7) is 1.09. The molecule has 2 heterocycles. The number of ketones is 1. The molecule has 0 aliphatic carbocycles. The van der Waals surface area contributed by atoms with E-state index in [0.29, 0.717) is 23.8 Å². The van der Waals surface area contributed by atoms with Crippen LogP contribution in [0.15, 0.2) is 58.6 Å². The number of methoxy groups -OCH3 is 1.